The number of aryl methyl sites for hydroxylation is 1. The Morgan fingerprint density at radius 3 is 3.11 bits per heavy atom. The van der Waals surface area contributed by atoms with Crippen LogP contribution in [0.5, 0.6) is 0 Å². The van der Waals surface area contributed by atoms with Crippen molar-refractivity contribution in [3.8, 4) is 0 Å². The van der Waals surface area contributed by atoms with E-state index in [2.05, 4.69) is 29.2 Å². The molecule has 2 aromatic rings. The van der Waals surface area contributed by atoms with Crippen LogP contribution in [0.2, 0.25) is 0 Å². The number of carboxylic acid groups (broad SMARTS) is 1. The summed E-state index contributed by atoms with van der Waals surface area (Å²) in [6, 6.07) is 8.45. The summed E-state index contributed by atoms with van der Waals surface area (Å²) >= 11 is 1.58. The van der Waals surface area contributed by atoms with Gasteiger partial charge in [0.15, 0.2) is 0 Å². The van der Waals surface area contributed by atoms with Crippen molar-refractivity contribution in [2.45, 2.75) is 25.2 Å². The number of carbonyl (C=O) groups is 1. The molecular weight excluding hydrogens is 246 g/mol. The molecular formula is C14H13NO2S. The SMILES string of the molecule is O=C(O)Cc1csc(C2CCc3ccccc32)n1. The fourth-order valence-corrected chi connectivity index (χ4v) is 3.50. The van der Waals surface area contributed by atoms with Gasteiger partial charge in [0.1, 0.15) is 5.01 Å². The summed E-state index contributed by atoms with van der Waals surface area (Å²) in [6.45, 7) is 0. The molecule has 0 fully saturated rings. The number of rotatable bonds is 3. The predicted molar refractivity (Wildman–Crippen MR) is 70.1 cm³/mol. The minimum absolute atomic E-state index is 0.0187. The molecule has 0 spiro atoms. The summed E-state index contributed by atoms with van der Waals surface area (Å²) in [4.78, 5) is 15.1. The van der Waals surface area contributed by atoms with Gasteiger partial charge in [0.2, 0.25) is 0 Å². The van der Waals surface area contributed by atoms with Gasteiger partial charge in [0.05, 0.1) is 12.1 Å². The molecule has 1 atom stereocenters. The molecule has 0 saturated heterocycles. The molecule has 0 saturated carbocycles. The molecule has 3 rings (SSSR count). The molecule has 1 aliphatic carbocycles. The van der Waals surface area contributed by atoms with Crippen molar-refractivity contribution in [2.24, 2.45) is 0 Å². The van der Waals surface area contributed by atoms with Crippen LogP contribution in [-0.2, 0) is 17.6 Å². The fraction of sp³-hybridized carbons (Fsp3) is 0.286. The summed E-state index contributed by atoms with van der Waals surface area (Å²) in [5.41, 5.74) is 3.43. The maximum absolute atomic E-state index is 10.7. The Kier molecular flexibility index (Phi) is 2.88. The maximum Gasteiger partial charge on any atom is 0.309 e. The van der Waals surface area contributed by atoms with E-state index in [4.69, 9.17) is 5.11 Å². The molecule has 1 aromatic heterocycles. The first-order valence-electron chi connectivity index (χ1n) is 5.98. The molecule has 0 amide bonds. The Bertz CT molecular complexity index is 591. The zero-order valence-electron chi connectivity index (χ0n) is 9.80. The van der Waals surface area contributed by atoms with Crippen LogP contribution in [0, 0.1) is 0 Å². The minimum atomic E-state index is -0.821. The first-order chi connectivity index (χ1) is 8.74. The van der Waals surface area contributed by atoms with Gasteiger partial charge in [-0.15, -0.1) is 11.3 Å². The second kappa shape index (κ2) is 4.53. The van der Waals surface area contributed by atoms with Crippen molar-refractivity contribution in [1.82, 2.24) is 4.98 Å². The van der Waals surface area contributed by atoms with Crippen LogP contribution in [-0.4, -0.2) is 16.1 Å². The van der Waals surface area contributed by atoms with Crippen LogP contribution in [0.25, 0.3) is 0 Å². The number of hydrogen-bond donors (Lipinski definition) is 1. The highest BCUT2D eigenvalue weighted by Crippen LogP contribution is 2.39. The highest BCUT2D eigenvalue weighted by molar-refractivity contribution is 7.09. The average Bonchev–Trinajstić information content (AvgIpc) is 2.94. The van der Waals surface area contributed by atoms with Crippen molar-refractivity contribution in [3.63, 3.8) is 0 Å². The number of nitrogens with zero attached hydrogens (tertiary/aromatic N) is 1. The highest BCUT2D eigenvalue weighted by atomic mass is 32.1. The van der Waals surface area contributed by atoms with E-state index in [1.54, 1.807) is 11.3 Å². The zero-order chi connectivity index (χ0) is 12.5. The lowest BCUT2D eigenvalue weighted by atomic mass is 10.0. The van der Waals surface area contributed by atoms with Crippen molar-refractivity contribution < 1.29 is 9.90 Å². The normalized spacial score (nSPS) is 17.7. The van der Waals surface area contributed by atoms with Crippen LogP contribution in [0.3, 0.4) is 0 Å². The largest absolute Gasteiger partial charge is 0.481 e. The van der Waals surface area contributed by atoms with E-state index in [-0.39, 0.29) is 6.42 Å². The van der Waals surface area contributed by atoms with Gasteiger partial charge < -0.3 is 5.11 Å². The number of fused-ring (bicyclic) bond motifs is 1. The number of hydrogen-bond acceptors (Lipinski definition) is 3. The molecule has 1 aliphatic rings. The third kappa shape index (κ3) is 2.04. The molecule has 0 bridgehead atoms. The standard InChI is InChI=1S/C14H13NO2S/c16-13(17)7-10-8-18-14(15-10)12-6-5-9-3-1-2-4-11(9)12/h1-4,8,12H,5-7H2,(H,16,17). The Balaban J connectivity index is 1.88. The van der Waals surface area contributed by atoms with Gasteiger partial charge in [-0.05, 0) is 24.0 Å². The minimum Gasteiger partial charge on any atom is -0.481 e. The Labute approximate surface area is 109 Å². The molecule has 1 N–H and O–H groups in total. The lowest BCUT2D eigenvalue weighted by Crippen LogP contribution is -2.01. The Morgan fingerprint density at radius 1 is 1.44 bits per heavy atom. The molecule has 0 aliphatic heterocycles. The van der Waals surface area contributed by atoms with Crippen LogP contribution in [0.1, 0.15) is 34.2 Å². The number of thiazole rings is 1. The molecule has 1 unspecified atom stereocenters. The molecule has 1 aromatic carbocycles. The second-order valence-electron chi connectivity index (χ2n) is 4.54. The summed E-state index contributed by atoms with van der Waals surface area (Å²) in [6.07, 6.45) is 2.19. The van der Waals surface area contributed by atoms with Gasteiger partial charge >= 0.3 is 5.97 Å². The predicted octanol–water partition coefficient (Wildman–Crippen LogP) is 2.85. The van der Waals surface area contributed by atoms with Crippen LogP contribution in [0.4, 0.5) is 0 Å². The second-order valence-corrected chi connectivity index (χ2v) is 5.43. The summed E-state index contributed by atoms with van der Waals surface area (Å²) in [7, 11) is 0. The monoisotopic (exact) mass is 259 g/mol. The van der Waals surface area contributed by atoms with Crippen molar-refractivity contribution in [2.75, 3.05) is 0 Å². The van der Waals surface area contributed by atoms with Gasteiger partial charge in [0, 0.05) is 11.3 Å². The van der Waals surface area contributed by atoms with Crippen LogP contribution >= 0.6 is 11.3 Å². The summed E-state index contributed by atoms with van der Waals surface area (Å²) < 4.78 is 0. The van der Waals surface area contributed by atoms with E-state index < -0.39 is 5.97 Å². The van der Waals surface area contributed by atoms with Crippen molar-refractivity contribution in [1.29, 1.82) is 0 Å². The highest BCUT2D eigenvalue weighted by Gasteiger charge is 2.25. The Hall–Kier alpha value is -1.68. The van der Waals surface area contributed by atoms with E-state index in [1.807, 2.05) is 5.38 Å². The van der Waals surface area contributed by atoms with Gasteiger partial charge in [-0.1, -0.05) is 24.3 Å². The lowest BCUT2D eigenvalue weighted by Gasteiger charge is -2.07. The first kappa shape index (κ1) is 11.4. The fourth-order valence-electron chi connectivity index (χ4n) is 2.53. The Morgan fingerprint density at radius 2 is 2.28 bits per heavy atom. The number of aliphatic carboxylic acids is 1. The van der Waals surface area contributed by atoms with Crippen molar-refractivity contribution >= 4 is 17.3 Å². The molecule has 1 heterocycles. The molecule has 3 nitrogen and oxygen atoms in total. The van der Waals surface area contributed by atoms with E-state index in [1.165, 1.54) is 11.1 Å². The quantitative estimate of drug-likeness (QED) is 0.922. The maximum atomic E-state index is 10.7. The van der Waals surface area contributed by atoms with E-state index in [9.17, 15) is 4.79 Å². The average molecular weight is 259 g/mol. The van der Waals surface area contributed by atoms with Gasteiger partial charge in [-0.25, -0.2) is 4.98 Å². The third-order valence-electron chi connectivity index (χ3n) is 3.33. The molecule has 0 radical (unpaired) electrons. The topological polar surface area (TPSA) is 50.2 Å². The van der Waals surface area contributed by atoms with Crippen LogP contribution < -0.4 is 0 Å². The van der Waals surface area contributed by atoms with Gasteiger partial charge in [-0.2, -0.15) is 0 Å². The molecule has 18 heavy (non-hydrogen) atoms. The molecule has 4 heteroatoms. The van der Waals surface area contributed by atoms with Crippen LogP contribution in [0.15, 0.2) is 29.6 Å². The van der Waals surface area contributed by atoms with E-state index in [0.717, 1.165) is 17.8 Å². The molecule has 92 valence electrons. The number of aromatic nitrogens is 1. The summed E-state index contributed by atoms with van der Waals surface area (Å²) in [5.74, 6) is -0.465. The van der Waals surface area contributed by atoms with E-state index >= 15 is 0 Å². The van der Waals surface area contributed by atoms with E-state index in [0.29, 0.717) is 11.6 Å². The third-order valence-corrected chi connectivity index (χ3v) is 4.34. The number of benzene rings is 1. The lowest BCUT2D eigenvalue weighted by molar-refractivity contribution is -0.136. The smallest absolute Gasteiger partial charge is 0.309 e. The zero-order valence-corrected chi connectivity index (χ0v) is 10.6. The first-order valence-corrected chi connectivity index (χ1v) is 6.86. The van der Waals surface area contributed by atoms with Gasteiger partial charge in [-0.3, -0.25) is 4.79 Å². The summed E-state index contributed by atoms with van der Waals surface area (Å²) in [5, 5.41) is 11.7. The van der Waals surface area contributed by atoms with Gasteiger partial charge in [0.25, 0.3) is 0 Å². The van der Waals surface area contributed by atoms with Crippen molar-refractivity contribution in [3.05, 3.63) is 51.5 Å². The number of carboxylic acids is 1.